The summed E-state index contributed by atoms with van der Waals surface area (Å²) in [4.78, 5) is 26.5. The molecule has 1 heterocycles. The molecule has 2 aromatic rings. The second kappa shape index (κ2) is 10.5. The number of hydrogen-bond acceptors (Lipinski definition) is 4. The third kappa shape index (κ3) is 6.80. The fraction of sp³-hybridized carbons (Fsp3) is 0.364. The molecule has 0 radical (unpaired) electrons. The number of hydrogen-bond donors (Lipinski definition) is 3. The maximum absolute atomic E-state index is 12.2. The molecule has 3 rings (SSSR count). The molecule has 3 N–H and O–H groups in total. The van der Waals surface area contributed by atoms with E-state index >= 15 is 0 Å². The van der Waals surface area contributed by atoms with Crippen LogP contribution < -0.4 is 20.7 Å². The zero-order valence-corrected chi connectivity index (χ0v) is 16.7. The highest BCUT2D eigenvalue weighted by Crippen LogP contribution is 2.13. The van der Waals surface area contributed by atoms with E-state index in [0.717, 1.165) is 42.9 Å². The van der Waals surface area contributed by atoms with Crippen LogP contribution in [0.2, 0.25) is 0 Å². The van der Waals surface area contributed by atoms with Crippen molar-refractivity contribution in [3.63, 3.8) is 0 Å². The zero-order valence-electron chi connectivity index (χ0n) is 16.7. The van der Waals surface area contributed by atoms with Crippen molar-refractivity contribution in [2.75, 3.05) is 32.1 Å². The molecular formula is C22H28N4O3. The predicted octanol–water partition coefficient (Wildman–Crippen LogP) is 2.60. The second-order valence-corrected chi connectivity index (χ2v) is 7.14. The summed E-state index contributed by atoms with van der Waals surface area (Å²) in [5, 5.41) is 8.80. The Kier molecular flexibility index (Phi) is 7.47. The molecule has 1 saturated heterocycles. The van der Waals surface area contributed by atoms with Crippen LogP contribution in [0.4, 0.5) is 10.5 Å². The maximum atomic E-state index is 12.2. The number of urea groups is 1. The van der Waals surface area contributed by atoms with Crippen LogP contribution in [0.15, 0.2) is 54.6 Å². The Morgan fingerprint density at radius 3 is 2.55 bits per heavy atom. The molecule has 3 amide bonds. The molecule has 2 aromatic carbocycles. The van der Waals surface area contributed by atoms with Gasteiger partial charge in [0, 0.05) is 31.4 Å². The maximum Gasteiger partial charge on any atom is 0.319 e. The van der Waals surface area contributed by atoms with Gasteiger partial charge in [-0.1, -0.05) is 30.3 Å². The number of rotatable bonds is 7. The third-order valence-corrected chi connectivity index (χ3v) is 4.95. The van der Waals surface area contributed by atoms with Crippen molar-refractivity contribution in [1.29, 1.82) is 0 Å². The Morgan fingerprint density at radius 1 is 1.07 bits per heavy atom. The molecule has 0 saturated carbocycles. The minimum Gasteiger partial charge on any atom is -0.497 e. The minimum absolute atomic E-state index is 0.000972. The van der Waals surface area contributed by atoms with Gasteiger partial charge >= 0.3 is 6.03 Å². The van der Waals surface area contributed by atoms with Gasteiger partial charge in [-0.2, -0.15) is 0 Å². The van der Waals surface area contributed by atoms with Crippen molar-refractivity contribution < 1.29 is 14.3 Å². The Hall–Kier alpha value is -3.06. The summed E-state index contributed by atoms with van der Waals surface area (Å²) in [5.74, 6) is 0.781. The van der Waals surface area contributed by atoms with Crippen LogP contribution in [-0.4, -0.2) is 49.6 Å². The van der Waals surface area contributed by atoms with Gasteiger partial charge in [0.2, 0.25) is 5.91 Å². The van der Waals surface area contributed by atoms with Crippen molar-refractivity contribution in [1.82, 2.24) is 15.5 Å². The van der Waals surface area contributed by atoms with Crippen molar-refractivity contribution >= 4 is 17.6 Å². The summed E-state index contributed by atoms with van der Waals surface area (Å²) in [5.41, 5.74) is 1.78. The van der Waals surface area contributed by atoms with Gasteiger partial charge in [-0.15, -0.1) is 0 Å². The smallest absolute Gasteiger partial charge is 0.319 e. The normalized spacial score (nSPS) is 14.8. The Balaban J connectivity index is 1.34. The van der Waals surface area contributed by atoms with Gasteiger partial charge in [0.15, 0.2) is 0 Å². The first-order valence-corrected chi connectivity index (χ1v) is 9.87. The number of likely N-dealkylation sites (tertiary alicyclic amines) is 1. The van der Waals surface area contributed by atoms with Gasteiger partial charge in [-0.3, -0.25) is 9.69 Å². The van der Waals surface area contributed by atoms with Crippen LogP contribution >= 0.6 is 0 Å². The highest BCUT2D eigenvalue weighted by Gasteiger charge is 2.22. The fourth-order valence-electron chi connectivity index (χ4n) is 3.35. The number of ether oxygens (including phenoxy) is 1. The summed E-state index contributed by atoms with van der Waals surface area (Å²) in [6.07, 6.45) is 1.65. The molecule has 0 unspecified atom stereocenters. The van der Waals surface area contributed by atoms with Crippen molar-refractivity contribution in [3.05, 3.63) is 60.2 Å². The van der Waals surface area contributed by atoms with Crippen molar-refractivity contribution in [2.24, 2.45) is 0 Å². The first-order chi connectivity index (χ1) is 14.1. The molecule has 1 aliphatic rings. The second-order valence-electron chi connectivity index (χ2n) is 7.14. The number of nitrogens with zero attached hydrogens (tertiary/aromatic N) is 1. The lowest BCUT2D eigenvalue weighted by Gasteiger charge is -2.31. The summed E-state index contributed by atoms with van der Waals surface area (Å²) in [6, 6.07) is 17.0. The Bertz CT molecular complexity index is 805. The van der Waals surface area contributed by atoms with Gasteiger partial charge < -0.3 is 20.7 Å². The van der Waals surface area contributed by atoms with Crippen LogP contribution in [0.25, 0.3) is 0 Å². The van der Waals surface area contributed by atoms with E-state index in [0.29, 0.717) is 13.1 Å². The molecule has 1 aliphatic heterocycles. The first-order valence-electron chi connectivity index (χ1n) is 9.87. The predicted molar refractivity (Wildman–Crippen MR) is 113 cm³/mol. The monoisotopic (exact) mass is 396 g/mol. The topological polar surface area (TPSA) is 82.7 Å². The molecule has 0 bridgehead atoms. The molecule has 7 heteroatoms. The molecule has 7 nitrogen and oxygen atoms in total. The van der Waals surface area contributed by atoms with Crippen LogP contribution in [-0.2, 0) is 11.3 Å². The lowest BCUT2D eigenvalue weighted by molar-refractivity contribution is -0.122. The van der Waals surface area contributed by atoms with E-state index in [1.807, 2.05) is 54.6 Å². The average Bonchev–Trinajstić information content (AvgIpc) is 2.74. The number of methoxy groups -OCH3 is 1. The van der Waals surface area contributed by atoms with Gasteiger partial charge in [0.25, 0.3) is 0 Å². The summed E-state index contributed by atoms with van der Waals surface area (Å²) in [6.45, 7) is 2.41. The first kappa shape index (κ1) is 20.7. The van der Waals surface area contributed by atoms with Gasteiger partial charge in [0.1, 0.15) is 5.75 Å². The van der Waals surface area contributed by atoms with Crippen LogP contribution in [0, 0.1) is 0 Å². The molecule has 0 aromatic heterocycles. The number of anilines is 1. The van der Waals surface area contributed by atoms with E-state index in [9.17, 15) is 9.59 Å². The van der Waals surface area contributed by atoms with E-state index in [2.05, 4.69) is 20.9 Å². The third-order valence-electron chi connectivity index (χ3n) is 4.95. The average molecular weight is 396 g/mol. The number of carbonyl (C=O) groups excluding carboxylic acids is 2. The van der Waals surface area contributed by atoms with Crippen LogP contribution in [0.5, 0.6) is 5.75 Å². The number of benzene rings is 2. The standard InChI is InChI=1S/C22H28N4O3/c1-29-20-9-5-6-17(14-20)15-23-21(27)16-26-12-10-19(11-13-26)25-22(28)24-18-7-3-2-4-8-18/h2-9,14,19H,10-13,15-16H2,1H3,(H,23,27)(H2,24,25,28). The molecule has 0 spiro atoms. The van der Waals surface area contributed by atoms with Gasteiger partial charge in [-0.05, 0) is 42.7 Å². The molecule has 154 valence electrons. The molecule has 0 atom stereocenters. The van der Waals surface area contributed by atoms with E-state index in [1.54, 1.807) is 7.11 Å². The van der Waals surface area contributed by atoms with Crippen LogP contribution in [0.3, 0.4) is 0 Å². The van der Waals surface area contributed by atoms with E-state index in [4.69, 9.17) is 4.74 Å². The number of amides is 3. The number of nitrogens with one attached hydrogen (secondary N) is 3. The van der Waals surface area contributed by atoms with Crippen molar-refractivity contribution in [3.8, 4) is 5.75 Å². The molecular weight excluding hydrogens is 368 g/mol. The molecule has 0 aliphatic carbocycles. The van der Waals surface area contributed by atoms with E-state index in [-0.39, 0.29) is 18.0 Å². The number of piperidine rings is 1. The van der Waals surface area contributed by atoms with Gasteiger partial charge in [-0.25, -0.2) is 4.79 Å². The molecule has 29 heavy (non-hydrogen) atoms. The fourth-order valence-corrected chi connectivity index (χ4v) is 3.35. The highest BCUT2D eigenvalue weighted by molar-refractivity contribution is 5.89. The SMILES string of the molecule is COc1cccc(CNC(=O)CN2CCC(NC(=O)Nc3ccccc3)CC2)c1. The van der Waals surface area contributed by atoms with Crippen LogP contribution in [0.1, 0.15) is 18.4 Å². The summed E-state index contributed by atoms with van der Waals surface area (Å²) >= 11 is 0. The van der Waals surface area contributed by atoms with E-state index < -0.39 is 0 Å². The largest absolute Gasteiger partial charge is 0.497 e. The quantitative estimate of drug-likeness (QED) is 0.672. The Morgan fingerprint density at radius 2 is 1.83 bits per heavy atom. The number of para-hydroxylation sites is 1. The van der Waals surface area contributed by atoms with E-state index in [1.165, 1.54) is 0 Å². The summed E-state index contributed by atoms with van der Waals surface area (Å²) in [7, 11) is 1.63. The Labute approximate surface area is 171 Å². The highest BCUT2D eigenvalue weighted by atomic mass is 16.5. The zero-order chi connectivity index (χ0) is 20.5. The van der Waals surface area contributed by atoms with Gasteiger partial charge in [0.05, 0.1) is 13.7 Å². The lowest BCUT2D eigenvalue weighted by atomic mass is 10.1. The minimum atomic E-state index is -0.189. The number of carbonyl (C=O) groups is 2. The summed E-state index contributed by atoms with van der Waals surface area (Å²) < 4.78 is 5.20. The van der Waals surface area contributed by atoms with Crippen molar-refractivity contribution in [2.45, 2.75) is 25.4 Å². The molecule has 1 fully saturated rings. The lowest BCUT2D eigenvalue weighted by Crippen LogP contribution is -2.48.